The van der Waals surface area contributed by atoms with Crippen molar-refractivity contribution in [1.29, 1.82) is 0 Å². The highest BCUT2D eigenvalue weighted by Gasteiger charge is 2.30. The number of hydrogen-bond donors (Lipinski definition) is 0. The monoisotopic (exact) mass is 257 g/mol. The normalized spacial score (nSPS) is 27.1. The van der Waals surface area contributed by atoms with Gasteiger partial charge in [0.05, 0.1) is 6.54 Å². The Kier molecular flexibility index (Phi) is 2.63. The Morgan fingerprint density at radius 1 is 1.50 bits per heavy atom. The average Bonchev–Trinajstić information content (AvgIpc) is 2.47. The van der Waals surface area contributed by atoms with E-state index in [9.17, 15) is 4.79 Å². The number of cyclic esters (lactones) is 1. The second-order valence-electron chi connectivity index (χ2n) is 3.58. The lowest BCUT2D eigenvalue weighted by molar-refractivity contribution is 0.141. The van der Waals surface area contributed by atoms with E-state index in [2.05, 4.69) is 15.9 Å². The molecular weight excluding hydrogens is 246 g/mol. The van der Waals surface area contributed by atoms with Gasteiger partial charge >= 0.3 is 6.09 Å². The van der Waals surface area contributed by atoms with E-state index in [1.165, 1.54) is 4.48 Å². The van der Waals surface area contributed by atoms with Gasteiger partial charge in [0.2, 0.25) is 0 Å². The predicted octanol–water partition coefficient (Wildman–Crippen LogP) is 2.78. The molecule has 0 aromatic rings. The van der Waals surface area contributed by atoms with Gasteiger partial charge in [-0.25, -0.2) is 4.79 Å². The molecule has 1 fully saturated rings. The molecule has 1 amide bonds. The van der Waals surface area contributed by atoms with Gasteiger partial charge in [0.25, 0.3) is 0 Å². The maximum atomic E-state index is 11.4. The maximum absolute atomic E-state index is 11.4. The van der Waals surface area contributed by atoms with Crippen molar-refractivity contribution in [2.45, 2.75) is 25.9 Å². The number of allylic oxidation sites excluding steroid dienone is 4. The van der Waals surface area contributed by atoms with Crippen LogP contribution in [0.2, 0.25) is 0 Å². The first-order chi connectivity index (χ1) is 6.66. The number of ether oxygens (including phenoxy) is 1. The van der Waals surface area contributed by atoms with E-state index in [1.54, 1.807) is 4.90 Å². The number of rotatable bonds is 1. The fourth-order valence-electron chi connectivity index (χ4n) is 1.66. The lowest BCUT2D eigenvalue weighted by Crippen LogP contribution is -2.24. The average molecular weight is 258 g/mol. The van der Waals surface area contributed by atoms with Gasteiger partial charge in [0.1, 0.15) is 6.10 Å². The molecule has 76 valence electrons. The van der Waals surface area contributed by atoms with Crippen molar-refractivity contribution in [2.75, 3.05) is 6.54 Å². The minimum atomic E-state index is -0.213. The van der Waals surface area contributed by atoms with E-state index in [-0.39, 0.29) is 12.2 Å². The van der Waals surface area contributed by atoms with Crippen molar-refractivity contribution in [3.05, 3.63) is 22.3 Å². The van der Waals surface area contributed by atoms with Gasteiger partial charge in [0.15, 0.2) is 0 Å². The topological polar surface area (TPSA) is 29.5 Å². The summed E-state index contributed by atoms with van der Waals surface area (Å²) >= 11 is 3.43. The Labute approximate surface area is 91.5 Å². The molecule has 1 saturated heterocycles. The molecule has 0 bridgehead atoms. The van der Waals surface area contributed by atoms with Crippen molar-refractivity contribution in [2.24, 2.45) is 0 Å². The highest BCUT2D eigenvalue weighted by atomic mass is 79.9. The summed E-state index contributed by atoms with van der Waals surface area (Å²) < 4.78 is 6.25. The van der Waals surface area contributed by atoms with Crippen molar-refractivity contribution < 1.29 is 9.53 Å². The molecular formula is C10H12BrNO2. The van der Waals surface area contributed by atoms with Gasteiger partial charge in [-0.3, -0.25) is 4.90 Å². The summed E-state index contributed by atoms with van der Waals surface area (Å²) in [7, 11) is 0. The summed E-state index contributed by atoms with van der Waals surface area (Å²) in [6, 6.07) is 0. The Morgan fingerprint density at radius 2 is 2.29 bits per heavy atom. The van der Waals surface area contributed by atoms with Crippen LogP contribution in [0.3, 0.4) is 0 Å². The number of carbonyl (C=O) groups is 1. The van der Waals surface area contributed by atoms with Crippen LogP contribution < -0.4 is 0 Å². The molecule has 0 radical (unpaired) electrons. The van der Waals surface area contributed by atoms with Gasteiger partial charge < -0.3 is 4.74 Å². The third-order valence-corrected chi connectivity index (χ3v) is 3.05. The van der Waals surface area contributed by atoms with Gasteiger partial charge in [-0.15, -0.1) is 0 Å². The molecule has 4 heteroatoms. The molecule has 1 unspecified atom stereocenters. The third-order valence-electron chi connectivity index (χ3n) is 2.39. The summed E-state index contributed by atoms with van der Waals surface area (Å²) in [6.45, 7) is 2.59. The van der Waals surface area contributed by atoms with Crippen LogP contribution in [0.1, 0.15) is 19.8 Å². The zero-order valence-electron chi connectivity index (χ0n) is 8.00. The van der Waals surface area contributed by atoms with Crippen LogP contribution in [0.5, 0.6) is 0 Å². The molecule has 1 atom stereocenters. The maximum Gasteiger partial charge on any atom is 0.414 e. The quantitative estimate of drug-likeness (QED) is 0.723. The summed E-state index contributed by atoms with van der Waals surface area (Å²) in [4.78, 5) is 13.1. The van der Waals surface area contributed by atoms with Crippen LogP contribution >= 0.6 is 15.9 Å². The van der Waals surface area contributed by atoms with Crippen LogP contribution in [-0.4, -0.2) is 23.6 Å². The first-order valence-electron chi connectivity index (χ1n) is 4.70. The Bertz CT molecular complexity index is 322. The number of hydrogen-bond acceptors (Lipinski definition) is 2. The van der Waals surface area contributed by atoms with E-state index in [0.29, 0.717) is 6.54 Å². The lowest BCUT2D eigenvalue weighted by Gasteiger charge is -2.19. The summed E-state index contributed by atoms with van der Waals surface area (Å²) in [5.41, 5.74) is 1.06. The Hall–Kier alpha value is -0.770. The fraction of sp³-hybridized carbons (Fsp3) is 0.500. The Morgan fingerprint density at radius 3 is 2.79 bits per heavy atom. The van der Waals surface area contributed by atoms with Crippen LogP contribution in [0.15, 0.2) is 22.3 Å². The fourth-order valence-corrected chi connectivity index (χ4v) is 2.00. The van der Waals surface area contributed by atoms with Crippen molar-refractivity contribution >= 4 is 22.0 Å². The lowest BCUT2D eigenvalue weighted by atomic mass is 10.1. The molecule has 0 spiro atoms. The van der Waals surface area contributed by atoms with E-state index < -0.39 is 0 Å². The van der Waals surface area contributed by atoms with Crippen molar-refractivity contribution in [1.82, 2.24) is 4.90 Å². The van der Waals surface area contributed by atoms with Crippen LogP contribution in [-0.2, 0) is 4.74 Å². The molecule has 0 aromatic heterocycles. The Balaban J connectivity index is 2.13. The largest absolute Gasteiger partial charge is 0.444 e. The van der Waals surface area contributed by atoms with Gasteiger partial charge in [-0.2, -0.15) is 0 Å². The summed E-state index contributed by atoms with van der Waals surface area (Å²) in [6.07, 6.45) is 5.64. The minimum absolute atomic E-state index is 0.0118. The van der Waals surface area contributed by atoms with Gasteiger partial charge in [-0.05, 0) is 30.3 Å². The van der Waals surface area contributed by atoms with Crippen LogP contribution in [0, 0.1) is 0 Å². The molecule has 1 aliphatic carbocycles. The van der Waals surface area contributed by atoms with Gasteiger partial charge in [0, 0.05) is 5.70 Å². The molecule has 0 N–H and O–H groups in total. The van der Waals surface area contributed by atoms with Gasteiger partial charge in [-0.1, -0.05) is 22.0 Å². The molecule has 3 nitrogen and oxygen atoms in total. The highest BCUT2D eigenvalue weighted by molar-refractivity contribution is 9.11. The molecule has 14 heavy (non-hydrogen) atoms. The second-order valence-corrected chi connectivity index (χ2v) is 4.60. The van der Waals surface area contributed by atoms with Crippen LogP contribution in [0.25, 0.3) is 0 Å². The van der Waals surface area contributed by atoms with Crippen molar-refractivity contribution in [3.63, 3.8) is 0 Å². The third kappa shape index (κ3) is 1.85. The summed E-state index contributed by atoms with van der Waals surface area (Å²) in [5, 5.41) is 0. The van der Waals surface area contributed by atoms with Crippen molar-refractivity contribution in [3.8, 4) is 0 Å². The SMILES string of the molecule is CC1CN(C2=CC=C(Br)CC2)C(=O)O1. The molecule has 0 aromatic carbocycles. The van der Waals surface area contributed by atoms with E-state index >= 15 is 0 Å². The van der Waals surface area contributed by atoms with E-state index in [1.807, 2.05) is 19.1 Å². The highest BCUT2D eigenvalue weighted by Crippen LogP contribution is 2.27. The molecule has 2 rings (SSSR count). The number of amides is 1. The van der Waals surface area contributed by atoms with E-state index in [0.717, 1.165) is 18.5 Å². The molecule has 1 heterocycles. The minimum Gasteiger partial charge on any atom is -0.444 e. The smallest absolute Gasteiger partial charge is 0.414 e. The molecule has 1 aliphatic heterocycles. The number of carbonyl (C=O) groups excluding carboxylic acids is 1. The second kappa shape index (κ2) is 3.77. The molecule has 0 saturated carbocycles. The zero-order valence-corrected chi connectivity index (χ0v) is 9.58. The number of nitrogens with zero attached hydrogens (tertiary/aromatic N) is 1. The standard InChI is InChI=1S/C10H12BrNO2/c1-7-6-12(10(13)14-7)9-4-2-8(11)3-5-9/h2,4,7H,3,5-6H2,1H3. The summed E-state index contributed by atoms with van der Waals surface area (Å²) in [5.74, 6) is 0. The molecule has 2 aliphatic rings. The zero-order chi connectivity index (χ0) is 10.1. The predicted molar refractivity (Wildman–Crippen MR) is 57.0 cm³/mol. The number of halogens is 1. The first-order valence-corrected chi connectivity index (χ1v) is 5.49. The van der Waals surface area contributed by atoms with Crippen LogP contribution in [0.4, 0.5) is 4.79 Å². The van der Waals surface area contributed by atoms with E-state index in [4.69, 9.17) is 4.74 Å². The first kappa shape index (κ1) is 9.77.